The summed E-state index contributed by atoms with van der Waals surface area (Å²) in [5.74, 6) is 0.0839. The van der Waals surface area contributed by atoms with E-state index in [9.17, 15) is 12.6 Å². The van der Waals surface area contributed by atoms with E-state index in [1.165, 1.54) is 0 Å². The highest BCUT2D eigenvalue weighted by Gasteiger charge is 2.14. The molecule has 0 radical (unpaired) electrons. The predicted octanol–water partition coefficient (Wildman–Crippen LogP) is 2.78. The van der Waals surface area contributed by atoms with Crippen molar-refractivity contribution in [3.8, 4) is 0 Å². The second kappa shape index (κ2) is 5.03. The van der Waals surface area contributed by atoms with Crippen molar-refractivity contribution in [3.05, 3.63) is 28.7 Å². The van der Waals surface area contributed by atoms with Crippen LogP contribution in [-0.4, -0.2) is 18.4 Å². The van der Waals surface area contributed by atoms with Crippen LogP contribution < -0.4 is 0 Å². The zero-order valence-corrected chi connectivity index (χ0v) is 12.2. The van der Waals surface area contributed by atoms with Gasteiger partial charge in [-0.25, -0.2) is 4.21 Å². The smallest absolute Gasteiger partial charge is 0.244 e. The Labute approximate surface area is 108 Å². The van der Waals surface area contributed by atoms with Gasteiger partial charge in [-0.3, -0.25) is 0 Å². The van der Waals surface area contributed by atoms with Crippen molar-refractivity contribution in [1.29, 1.82) is 0 Å². The summed E-state index contributed by atoms with van der Waals surface area (Å²) in [5, 5.41) is 0. The molecule has 0 saturated carbocycles. The number of nitrogens with zero attached hydrogens (tertiary/aromatic N) is 1. The van der Waals surface area contributed by atoms with Crippen LogP contribution >= 0.6 is 26.6 Å². The molecule has 0 bridgehead atoms. The topological polar surface area (TPSA) is 63.6 Å². The number of hydrogen-bond donors (Lipinski definition) is 0. The normalized spacial score (nSPS) is 15.4. The van der Waals surface area contributed by atoms with E-state index >= 15 is 0 Å². The highest BCUT2D eigenvalue weighted by molar-refractivity contribution is 9.10. The van der Waals surface area contributed by atoms with Crippen molar-refractivity contribution >= 4 is 45.6 Å². The average Bonchev–Trinajstić information content (AvgIpc) is 2.16. The van der Waals surface area contributed by atoms with Crippen LogP contribution in [0.1, 0.15) is 6.92 Å². The lowest BCUT2D eigenvalue weighted by atomic mass is 10.4. The standard InChI is InChI=1S/C8H9BrClNO3S2/c1-2-15(12,11-16(10,13)14)8-5-3-7(9)4-6-8/h3-6H,2H2,1H3. The van der Waals surface area contributed by atoms with Crippen LogP contribution in [-0.2, 0) is 19.0 Å². The summed E-state index contributed by atoms with van der Waals surface area (Å²) in [4.78, 5) is 0.349. The van der Waals surface area contributed by atoms with E-state index in [1.807, 2.05) is 0 Å². The molecule has 1 rings (SSSR count). The van der Waals surface area contributed by atoms with Crippen LogP contribution in [0.3, 0.4) is 0 Å². The number of halogens is 2. The van der Waals surface area contributed by atoms with E-state index in [0.717, 1.165) is 4.47 Å². The minimum Gasteiger partial charge on any atom is -0.244 e. The molecule has 16 heavy (non-hydrogen) atoms. The molecule has 0 aliphatic carbocycles. The fourth-order valence-corrected chi connectivity index (χ4v) is 4.95. The van der Waals surface area contributed by atoms with Gasteiger partial charge in [0.05, 0.1) is 9.73 Å². The molecule has 0 fully saturated rings. The van der Waals surface area contributed by atoms with E-state index in [0.29, 0.717) is 4.90 Å². The van der Waals surface area contributed by atoms with Gasteiger partial charge in [0.25, 0.3) is 0 Å². The Bertz CT molecular complexity index is 588. The third kappa shape index (κ3) is 3.73. The predicted molar refractivity (Wildman–Crippen MR) is 68.3 cm³/mol. The SMILES string of the molecule is CCS(=O)(=NS(=O)(=O)Cl)c1ccc(Br)cc1. The molecule has 1 unspecified atom stereocenters. The molecule has 4 nitrogen and oxygen atoms in total. The molecule has 0 heterocycles. The maximum atomic E-state index is 12.2. The quantitative estimate of drug-likeness (QED) is 0.791. The van der Waals surface area contributed by atoms with Crippen molar-refractivity contribution in [1.82, 2.24) is 0 Å². The molecule has 90 valence electrons. The zero-order chi connectivity index (χ0) is 12.4. The first-order chi connectivity index (χ1) is 7.27. The molecule has 0 amide bonds. The molecule has 0 aromatic heterocycles. The van der Waals surface area contributed by atoms with Crippen molar-refractivity contribution in [2.45, 2.75) is 11.8 Å². The molecular weight excluding hydrogens is 338 g/mol. The Kier molecular flexibility index (Phi) is 4.39. The van der Waals surface area contributed by atoms with Gasteiger partial charge in [-0.2, -0.15) is 8.42 Å². The van der Waals surface area contributed by atoms with Gasteiger partial charge in [0, 0.05) is 25.8 Å². The second-order valence-electron chi connectivity index (χ2n) is 2.87. The molecule has 0 saturated heterocycles. The van der Waals surface area contributed by atoms with E-state index < -0.39 is 19.0 Å². The van der Waals surface area contributed by atoms with Crippen LogP contribution in [0.5, 0.6) is 0 Å². The Morgan fingerprint density at radius 1 is 1.25 bits per heavy atom. The van der Waals surface area contributed by atoms with Crippen molar-refractivity contribution in [2.24, 2.45) is 3.77 Å². The summed E-state index contributed by atoms with van der Waals surface area (Å²) < 4.78 is 38.0. The van der Waals surface area contributed by atoms with Crippen LogP contribution in [0, 0.1) is 0 Å². The molecular formula is C8H9BrClNO3S2. The van der Waals surface area contributed by atoms with Gasteiger partial charge in [0.15, 0.2) is 0 Å². The molecule has 0 aliphatic rings. The number of rotatable bonds is 3. The molecule has 1 aromatic carbocycles. The minimum absolute atomic E-state index is 0.0839. The number of hydrogen-bond acceptors (Lipinski definition) is 3. The van der Waals surface area contributed by atoms with Gasteiger partial charge in [-0.15, -0.1) is 0 Å². The lowest BCUT2D eigenvalue weighted by molar-refractivity contribution is 0.611. The van der Waals surface area contributed by atoms with Crippen molar-refractivity contribution in [2.75, 3.05) is 5.75 Å². The largest absolute Gasteiger partial charge is 0.347 e. The van der Waals surface area contributed by atoms with Crippen molar-refractivity contribution < 1.29 is 12.6 Å². The third-order valence-corrected chi connectivity index (χ3v) is 6.29. The Morgan fingerprint density at radius 2 is 1.75 bits per heavy atom. The summed E-state index contributed by atoms with van der Waals surface area (Å²) in [6, 6.07) is 6.45. The molecule has 0 N–H and O–H groups in total. The second-order valence-corrected chi connectivity index (χ2v) is 8.71. The monoisotopic (exact) mass is 345 g/mol. The summed E-state index contributed by atoms with van der Waals surface area (Å²) in [6.45, 7) is 1.59. The van der Waals surface area contributed by atoms with Crippen molar-refractivity contribution in [3.63, 3.8) is 0 Å². The van der Waals surface area contributed by atoms with E-state index in [4.69, 9.17) is 10.7 Å². The minimum atomic E-state index is -4.14. The molecule has 0 aliphatic heterocycles. The first kappa shape index (κ1) is 14.0. The van der Waals surface area contributed by atoms with Crippen LogP contribution in [0.4, 0.5) is 0 Å². The third-order valence-electron chi connectivity index (χ3n) is 1.78. The van der Waals surface area contributed by atoms with Gasteiger partial charge in [-0.05, 0) is 24.3 Å². The molecule has 1 atom stereocenters. The van der Waals surface area contributed by atoms with Gasteiger partial charge >= 0.3 is 9.24 Å². The fourth-order valence-electron chi connectivity index (χ4n) is 1.05. The Morgan fingerprint density at radius 3 is 2.12 bits per heavy atom. The van der Waals surface area contributed by atoms with Crippen LogP contribution in [0.15, 0.2) is 37.4 Å². The first-order valence-electron chi connectivity index (χ1n) is 4.23. The van der Waals surface area contributed by atoms with Crippen LogP contribution in [0.2, 0.25) is 0 Å². The van der Waals surface area contributed by atoms with E-state index in [1.54, 1.807) is 31.2 Å². The summed E-state index contributed by atoms with van der Waals surface area (Å²) in [5.41, 5.74) is 0. The molecule has 8 heteroatoms. The van der Waals surface area contributed by atoms with Gasteiger partial charge < -0.3 is 0 Å². The van der Waals surface area contributed by atoms with E-state index in [-0.39, 0.29) is 5.75 Å². The van der Waals surface area contributed by atoms with E-state index in [2.05, 4.69) is 19.7 Å². The van der Waals surface area contributed by atoms with Gasteiger partial charge in [0.1, 0.15) is 0 Å². The Hall–Kier alpha value is -0.110. The highest BCUT2D eigenvalue weighted by Crippen LogP contribution is 2.19. The number of benzene rings is 1. The lowest BCUT2D eigenvalue weighted by Crippen LogP contribution is -2.05. The maximum Gasteiger partial charge on any atom is 0.347 e. The van der Waals surface area contributed by atoms with Gasteiger partial charge in [0.2, 0.25) is 0 Å². The highest BCUT2D eigenvalue weighted by atomic mass is 79.9. The fraction of sp³-hybridized carbons (Fsp3) is 0.250. The van der Waals surface area contributed by atoms with Crippen LogP contribution in [0.25, 0.3) is 0 Å². The lowest BCUT2D eigenvalue weighted by Gasteiger charge is -2.06. The summed E-state index contributed by atoms with van der Waals surface area (Å²) >= 11 is 3.23. The summed E-state index contributed by atoms with van der Waals surface area (Å²) in [6.07, 6.45) is 0. The summed E-state index contributed by atoms with van der Waals surface area (Å²) in [7, 11) is -2.14. The van der Waals surface area contributed by atoms with Gasteiger partial charge in [-0.1, -0.05) is 26.6 Å². The molecule has 1 aromatic rings. The molecule has 0 spiro atoms. The average molecular weight is 347 g/mol. The zero-order valence-electron chi connectivity index (χ0n) is 8.26. The Balaban J connectivity index is 3.43. The maximum absolute atomic E-state index is 12.2. The first-order valence-corrected chi connectivity index (χ1v) is 8.97.